The predicted molar refractivity (Wildman–Crippen MR) is 78.0 cm³/mol. The van der Waals surface area contributed by atoms with E-state index in [0.29, 0.717) is 0 Å². The maximum atomic E-state index is 12.2. The van der Waals surface area contributed by atoms with Crippen LogP contribution in [0.25, 0.3) is 0 Å². The molecule has 0 spiro atoms. The van der Waals surface area contributed by atoms with Crippen molar-refractivity contribution >= 4 is 27.3 Å². The molecular weight excluding hydrogens is 357 g/mol. The predicted octanol–water partition coefficient (Wildman–Crippen LogP) is 3.48. The van der Waals surface area contributed by atoms with Crippen LogP contribution in [0.1, 0.15) is 0 Å². The van der Waals surface area contributed by atoms with Gasteiger partial charge < -0.3 is 4.74 Å². The van der Waals surface area contributed by atoms with Crippen molar-refractivity contribution in [2.45, 2.75) is 11.1 Å². The first-order chi connectivity index (χ1) is 10.7. The number of aromatic nitrogens is 1. The van der Waals surface area contributed by atoms with E-state index in [-0.39, 0.29) is 21.5 Å². The number of nitrogens with one attached hydrogen (secondary N) is 1. The second-order valence-corrected chi connectivity index (χ2v) is 6.38. The van der Waals surface area contributed by atoms with Crippen molar-refractivity contribution in [1.82, 2.24) is 4.98 Å². The first kappa shape index (κ1) is 17.4. The lowest BCUT2D eigenvalue weighted by atomic mass is 10.4. The zero-order chi connectivity index (χ0) is 17.1. The number of rotatable bonds is 5. The van der Waals surface area contributed by atoms with Gasteiger partial charge in [0.2, 0.25) is 5.88 Å². The second-order valence-electron chi connectivity index (χ2n) is 4.32. The van der Waals surface area contributed by atoms with Crippen LogP contribution in [0.15, 0.2) is 47.5 Å². The zero-order valence-electron chi connectivity index (χ0n) is 11.3. The Morgan fingerprint density at radius 2 is 1.87 bits per heavy atom. The van der Waals surface area contributed by atoms with Crippen LogP contribution in [0, 0.1) is 0 Å². The number of anilines is 1. The molecule has 0 bridgehead atoms. The molecule has 2 rings (SSSR count). The van der Waals surface area contributed by atoms with Crippen LogP contribution in [-0.2, 0) is 10.0 Å². The van der Waals surface area contributed by atoms with E-state index >= 15 is 0 Å². The lowest BCUT2D eigenvalue weighted by Crippen LogP contribution is -2.19. The number of halogens is 4. The molecule has 0 atom stereocenters. The summed E-state index contributed by atoms with van der Waals surface area (Å²) >= 11 is 5.82. The van der Waals surface area contributed by atoms with E-state index in [0.717, 1.165) is 12.3 Å². The highest BCUT2D eigenvalue weighted by molar-refractivity contribution is 7.92. The Morgan fingerprint density at radius 3 is 2.43 bits per heavy atom. The first-order valence-electron chi connectivity index (χ1n) is 6.10. The lowest BCUT2D eigenvalue weighted by Gasteiger charge is -2.10. The van der Waals surface area contributed by atoms with Gasteiger partial charge in [-0.05, 0) is 18.2 Å². The van der Waals surface area contributed by atoms with Crippen molar-refractivity contribution in [3.63, 3.8) is 0 Å². The van der Waals surface area contributed by atoms with Gasteiger partial charge in [0.1, 0.15) is 4.90 Å². The third kappa shape index (κ3) is 5.00. The molecule has 0 aliphatic rings. The van der Waals surface area contributed by atoms with Crippen molar-refractivity contribution in [2.75, 3.05) is 11.3 Å². The number of hydrogen-bond acceptors (Lipinski definition) is 4. The Bertz CT molecular complexity index is 780. The Hall–Kier alpha value is -2.00. The number of sulfonamides is 1. The van der Waals surface area contributed by atoms with Gasteiger partial charge in [0, 0.05) is 6.07 Å². The molecule has 1 aromatic carbocycles. The SMILES string of the molecule is O=S(=O)(Nc1ccc(OCC(F)(F)F)nc1)c1ccccc1Cl. The Balaban J connectivity index is 2.10. The quantitative estimate of drug-likeness (QED) is 0.879. The fraction of sp³-hybridized carbons (Fsp3) is 0.154. The highest BCUT2D eigenvalue weighted by atomic mass is 35.5. The van der Waals surface area contributed by atoms with Gasteiger partial charge in [0.05, 0.1) is 16.9 Å². The summed E-state index contributed by atoms with van der Waals surface area (Å²) in [6, 6.07) is 8.17. The van der Waals surface area contributed by atoms with E-state index in [1.54, 1.807) is 6.07 Å². The van der Waals surface area contributed by atoms with Crippen LogP contribution < -0.4 is 9.46 Å². The minimum atomic E-state index is -4.48. The van der Waals surface area contributed by atoms with Gasteiger partial charge in [-0.3, -0.25) is 4.72 Å². The molecule has 0 aliphatic heterocycles. The smallest absolute Gasteiger partial charge is 0.422 e. The average Bonchev–Trinajstić information content (AvgIpc) is 2.45. The van der Waals surface area contributed by atoms with Crippen LogP contribution in [0.4, 0.5) is 18.9 Å². The van der Waals surface area contributed by atoms with Crippen LogP contribution in [0.5, 0.6) is 5.88 Å². The van der Waals surface area contributed by atoms with E-state index in [1.165, 1.54) is 24.3 Å². The summed E-state index contributed by atoms with van der Waals surface area (Å²) in [6.45, 7) is -1.48. The summed E-state index contributed by atoms with van der Waals surface area (Å²) in [4.78, 5) is 3.47. The minimum Gasteiger partial charge on any atom is -0.468 e. The van der Waals surface area contributed by atoms with E-state index in [4.69, 9.17) is 11.6 Å². The average molecular weight is 367 g/mol. The van der Waals surface area contributed by atoms with Gasteiger partial charge in [0.25, 0.3) is 10.0 Å². The van der Waals surface area contributed by atoms with Gasteiger partial charge in [-0.2, -0.15) is 13.2 Å². The van der Waals surface area contributed by atoms with Gasteiger partial charge in [0.15, 0.2) is 6.61 Å². The summed E-state index contributed by atoms with van der Waals surface area (Å²) < 4.78 is 67.0. The summed E-state index contributed by atoms with van der Waals surface area (Å²) in [5, 5.41) is 0.0399. The molecule has 0 amide bonds. The summed E-state index contributed by atoms with van der Waals surface area (Å²) in [7, 11) is -3.94. The Morgan fingerprint density at radius 1 is 1.17 bits per heavy atom. The summed E-state index contributed by atoms with van der Waals surface area (Å²) in [6.07, 6.45) is -3.44. The van der Waals surface area contributed by atoms with Gasteiger partial charge >= 0.3 is 6.18 Å². The van der Waals surface area contributed by atoms with Crippen LogP contribution in [0.3, 0.4) is 0 Å². The van der Waals surface area contributed by atoms with E-state index in [1.807, 2.05) is 0 Å². The molecule has 1 aromatic heterocycles. The maximum Gasteiger partial charge on any atom is 0.422 e. The Kier molecular flexibility index (Phi) is 5.00. The molecule has 1 N–H and O–H groups in total. The highest BCUT2D eigenvalue weighted by Gasteiger charge is 2.28. The third-order valence-electron chi connectivity index (χ3n) is 2.50. The molecular formula is C13H10ClF3N2O3S. The molecule has 0 fully saturated rings. The molecule has 0 radical (unpaired) electrons. The largest absolute Gasteiger partial charge is 0.468 e. The number of hydrogen-bond donors (Lipinski definition) is 1. The maximum absolute atomic E-state index is 12.2. The summed E-state index contributed by atoms with van der Waals surface area (Å²) in [5.41, 5.74) is 0.0595. The topological polar surface area (TPSA) is 68.3 Å². The number of nitrogens with zero attached hydrogens (tertiary/aromatic N) is 1. The number of benzene rings is 1. The lowest BCUT2D eigenvalue weighted by molar-refractivity contribution is -0.154. The molecule has 1 heterocycles. The van der Waals surface area contributed by atoms with Gasteiger partial charge in [-0.1, -0.05) is 23.7 Å². The molecule has 124 valence electrons. The first-order valence-corrected chi connectivity index (χ1v) is 7.96. The summed E-state index contributed by atoms with van der Waals surface area (Å²) in [5.74, 6) is -0.275. The number of ether oxygens (including phenoxy) is 1. The fourth-order valence-electron chi connectivity index (χ4n) is 1.55. The van der Waals surface area contributed by atoms with Crippen molar-refractivity contribution in [3.05, 3.63) is 47.6 Å². The minimum absolute atomic E-state index is 0.0399. The molecule has 0 saturated heterocycles. The van der Waals surface area contributed by atoms with Crippen molar-refractivity contribution in [3.8, 4) is 5.88 Å². The van der Waals surface area contributed by atoms with E-state index in [9.17, 15) is 21.6 Å². The van der Waals surface area contributed by atoms with Gasteiger partial charge in [-0.25, -0.2) is 13.4 Å². The zero-order valence-corrected chi connectivity index (χ0v) is 12.9. The molecule has 0 saturated carbocycles. The normalized spacial score (nSPS) is 12.0. The molecule has 0 aliphatic carbocycles. The fourth-order valence-corrected chi connectivity index (χ4v) is 3.12. The van der Waals surface area contributed by atoms with E-state index in [2.05, 4.69) is 14.4 Å². The van der Waals surface area contributed by atoms with E-state index < -0.39 is 22.8 Å². The molecule has 10 heteroatoms. The third-order valence-corrected chi connectivity index (χ3v) is 4.38. The molecule has 5 nitrogen and oxygen atoms in total. The highest BCUT2D eigenvalue weighted by Crippen LogP contribution is 2.24. The second kappa shape index (κ2) is 6.63. The van der Waals surface area contributed by atoms with Crippen LogP contribution in [-0.4, -0.2) is 26.2 Å². The van der Waals surface area contributed by atoms with Crippen molar-refractivity contribution in [2.24, 2.45) is 0 Å². The van der Waals surface area contributed by atoms with Crippen molar-refractivity contribution in [1.29, 1.82) is 0 Å². The number of pyridine rings is 1. The molecule has 0 unspecified atom stereocenters. The number of alkyl halides is 3. The van der Waals surface area contributed by atoms with Gasteiger partial charge in [-0.15, -0.1) is 0 Å². The van der Waals surface area contributed by atoms with Crippen LogP contribution in [0.2, 0.25) is 5.02 Å². The monoisotopic (exact) mass is 366 g/mol. The van der Waals surface area contributed by atoms with Crippen LogP contribution >= 0.6 is 11.6 Å². The Labute approximate surface area is 135 Å². The van der Waals surface area contributed by atoms with Crippen molar-refractivity contribution < 1.29 is 26.3 Å². The standard InChI is InChI=1S/C13H10ClF3N2O3S/c14-10-3-1-2-4-11(10)23(20,21)19-9-5-6-12(18-7-9)22-8-13(15,16)17/h1-7,19H,8H2. The molecule has 2 aromatic rings. The molecule has 23 heavy (non-hydrogen) atoms.